The molecule has 1 heterocycles. The lowest BCUT2D eigenvalue weighted by Gasteiger charge is -2.34. The van der Waals surface area contributed by atoms with Gasteiger partial charge in [-0.25, -0.2) is 0 Å². The fraction of sp³-hybridized carbons (Fsp3) is 0.900. The van der Waals surface area contributed by atoms with Gasteiger partial charge < -0.3 is 14.9 Å². The number of aliphatic hydroxyl groups excluding tert-OH is 1. The van der Waals surface area contributed by atoms with Gasteiger partial charge in [-0.1, -0.05) is 27.7 Å². The molecule has 2 N–H and O–H groups in total. The van der Waals surface area contributed by atoms with Gasteiger partial charge >= 0.3 is 5.97 Å². The van der Waals surface area contributed by atoms with E-state index >= 15 is 0 Å². The lowest BCUT2D eigenvalue weighted by Crippen LogP contribution is -2.45. The molecule has 1 aliphatic rings. The van der Waals surface area contributed by atoms with Crippen molar-refractivity contribution in [2.45, 2.75) is 91.5 Å². The third-order valence-electron chi connectivity index (χ3n) is 5.75. The van der Waals surface area contributed by atoms with Crippen molar-refractivity contribution in [3.05, 3.63) is 0 Å². The summed E-state index contributed by atoms with van der Waals surface area (Å²) in [5, 5.41) is 21.3. The Balaban J connectivity index is 3.05. The Labute approximate surface area is 152 Å². The minimum absolute atomic E-state index is 0.0663. The summed E-state index contributed by atoms with van der Waals surface area (Å²) in [6.45, 7) is 11.1. The van der Waals surface area contributed by atoms with E-state index in [1.54, 1.807) is 13.8 Å². The third kappa shape index (κ3) is 6.07. The highest BCUT2D eigenvalue weighted by Crippen LogP contribution is 2.30. The quantitative estimate of drug-likeness (QED) is 0.705. The largest absolute Gasteiger partial charge is 0.459 e. The van der Waals surface area contributed by atoms with Crippen LogP contribution in [-0.4, -0.2) is 39.8 Å². The molecule has 0 aliphatic carbocycles. The highest BCUT2D eigenvalue weighted by Gasteiger charge is 2.38. The van der Waals surface area contributed by atoms with Crippen LogP contribution in [0.25, 0.3) is 0 Å². The average molecular weight is 357 g/mol. The Morgan fingerprint density at radius 1 is 1.16 bits per heavy atom. The minimum atomic E-state index is -1.26. The number of ether oxygens (including phenoxy) is 1. The van der Waals surface area contributed by atoms with Crippen molar-refractivity contribution in [1.29, 1.82) is 0 Å². The van der Waals surface area contributed by atoms with Crippen LogP contribution in [-0.2, 0) is 14.3 Å². The molecular formula is C20H36O5. The molecular weight excluding hydrogens is 320 g/mol. The van der Waals surface area contributed by atoms with Gasteiger partial charge in [-0.3, -0.25) is 9.59 Å². The molecule has 146 valence electrons. The summed E-state index contributed by atoms with van der Waals surface area (Å²) in [5.74, 6) is -0.864. The molecule has 0 aromatic rings. The second kappa shape index (κ2) is 9.13. The van der Waals surface area contributed by atoms with E-state index in [-0.39, 0.29) is 36.4 Å². The Morgan fingerprint density at radius 2 is 1.76 bits per heavy atom. The molecule has 25 heavy (non-hydrogen) atoms. The van der Waals surface area contributed by atoms with Gasteiger partial charge in [0.15, 0.2) is 0 Å². The number of hydrogen-bond acceptors (Lipinski definition) is 5. The van der Waals surface area contributed by atoms with Crippen LogP contribution in [0.2, 0.25) is 0 Å². The van der Waals surface area contributed by atoms with Gasteiger partial charge in [-0.15, -0.1) is 0 Å². The summed E-state index contributed by atoms with van der Waals surface area (Å²) in [5.41, 5.74) is -1.26. The van der Waals surface area contributed by atoms with Crippen molar-refractivity contribution in [3.8, 4) is 0 Å². The van der Waals surface area contributed by atoms with Gasteiger partial charge in [-0.05, 0) is 51.4 Å². The number of carbonyl (C=O) groups excluding carboxylic acids is 2. The summed E-state index contributed by atoms with van der Waals surface area (Å²) in [6, 6.07) is 0. The topological polar surface area (TPSA) is 83.8 Å². The molecule has 0 aromatic heterocycles. The smallest absolute Gasteiger partial charge is 0.311 e. The van der Waals surface area contributed by atoms with E-state index in [0.717, 1.165) is 12.8 Å². The SMILES string of the molecule is CCC1OC(=O)C(C)C(O)C(C)CC(C)C[C@@H](C)C(=O)CC[C@]1(C)O. The van der Waals surface area contributed by atoms with Crippen LogP contribution in [0.5, 0.6) is 0 Å². The first-order chi connectivity index (χ1) is 11.5. The second-order valence-corrected chi connectivity index (χ2v) is 8.39. The molecule has 0 aromatic carbocycles. The van der Waals surface area contributed by atoms with Crippen LogP contribution in [0.3, 0.4) is 0 Å². The fourth-order valence-electron chi connectivity index (χ4n) is 3.92. The fourth-order valence-corrected chi connectivity index (χ4v) is 3.92. The van der Waals surface area contributed by atoms with Crippen LogP contribution in [0.1, 0.15) is 73.6 Å². The Kier molecular flexibility index (Phi) is 8.07. The van der Waals surface area contributed by atoms with Crippen molar-refractivity contribution in [2.75, 3.05) is 0 Å². The molecule has 0 amide bonds. The maximum absolute atomic E-state index is 12.4. The highest BCUT2D eigenvalue weighted by atomic mass is 16.6. The normalized spacial score (nSPS) is 42.6. The van der Waals surface area contributed by atoms with Gasteiger partial charge in [0.25, 0.3) is 0 Å². The van der Waals surface area contributed by atoms with E-state index in [9.17, 15) is 19.8 Å². The molecule has 0 radical (unpaired) electrons. The van der Waals surface area contributed by atoms with E-state index in [1.165, 1.54) is 0 Å². The molecule has 0 saturated carbocycles. The Morgan fingerprint density at radius 3 is 2.32 bits per heavy atom. The van der Waals surface area contributed by atoms with E-state index in [0.29, 0.717) is 6.42 Å². The summed E-state index contributed by atoms with van der Waals surface area (Å²) in [7, 11) is 0. The maximum atomic E-state index is 12.4. The van der Waals surface area contributed by atoms with Crippen molar-refractivity contribution in [2.24, 2.45) is 23.7 Å². The van der Waals surface area contributed by atoms with Crippen LogP contribution in [0, 0.1) is 23.7 Å². The first-order valence-corrected chi connectivity index (χ1v) is 9.63. The van der Waals surface area contributed by atoms with Crippen LogP contribution in [0.15, 0.2) is 0 Å². The molecule has 1 fully saturated rings. The zero-order chi connectivity index (χ0) is 19.4. The van der Waals surface area contributed by atoms with Gasteiger partial charge in [-0.2, -0.15) is 0 Å². The predicted octanol–water partition coefficient (Wildman–Crippen LogP) is 3.11. The number of rotatable bonds is 1. The first-order valence-electron chi connectivity index (χ1n) is 9.63. The molecule has 0 bridgehead atoms. The average Bonchev–Trinajstić information content (AvgIpc) is 2.54. The first kappa shape index (κ1) is 22.1. The monoisotopic (exact) mass is 356 g/mol. The van der Waals surface area contributed by atoms with Crippen molar-refractivity contribution in [3.63, 3.8) is 0 Å². The van der Waals surface area contributed by atoms with Crippen molar-refractivity contribution in [1.82, 2.24) is 0 Å². The van der Waals surface area contributed by atoms with E-state index < -0.39 is 29.7 Å². The van der Waals surface area contributed by atoms with Gasteiger partial charge in [0, 0.05) is 12.3 Å². The summed E-state index contributed by atoms with van der Waals surface area (Å²) >= 11 is 0. The summed E-state index contributed by atoms with van der Waals surface area (Å²) in [4.78, 5) is 24.8. The predicted molar refractivity (Wildman–Crippen MR) is 96.9 cm³/mol. The Hall–Kier alpha value is -0.940. The number of hydrogen-bond donors (Lipinski definition) is 2. The number of esters is 1. The molecule has 1 rings (SSSR count). The third-order valence-corrected chi connectivity index (χ3v) is 5.75. The highest BCUT2D eigenvalue weighted by molar-refractivity contribution is 5.80. The number of Topliss-reactive ketones (excluding diaryl/α,β-unsaturated/α-hetero) is 1. The van der Waals surface area contributed by atoms with E-state index in [1.807, 2.05) is 20.8 Å². The van der Waals surface area contributed by atoms with Gasteiger partial charge in [0.1, 0.15) is 11.9 Å². The van der Waals surface area contributed by atoms with Gasteiger partial charge in [0.2, 0.25) is 0 Å². The standard InChI is InChI=1S/C20H36O5/c1-7-17-20(6,24)9-8-16(21)13(3)10-12(2)11-14(4)18(22)15(5)19(23)25-17/h12-15,17-18,22,24H,7-11H2,1-6H3/t12?,13-,14?,15?,17?,18?,20+/m1/s1. The number of carbonyl (C=O) groups is 2. The van der Waals surface area contributed by atoms with Crippen molar-refractivity contribution >= 4 is 11.8 Å². The molecule has 1 aliphatic heterocycles. The maximum Gasteiger partial charge on any atom is 0.311 e. The van der Waals surface area contributed by atoms with Gasteiger partial charge in [0.05, 0.1) is 17.6 Å². The molecule has 0 spiro atoms. The number of ketones is 1. The molecule has 5 unspecified atom stereocenters. The van der Waals surface area contributed by atoms with Crippen LogP contribution < -0.4 is 0 Å². The second-order valence-electron chi connectivity index (χ2n) is 8.39. The molecule has 1 saturated heterocycles. The zero-order valence-corrected chi connectivity index (χ0v) is 16.6. The van der Waals surface area contributed by atoms with Crippen LogP contribution >= 0.6 is 0 Å². The zero-order valence-electron chi connectivity index (χ0n) is 16.6. The Bertz CT molecular complexity index is 459. The lowest BCUT2D eigenvalue weighted by molar-refractivity contribution is -0.174. The summed E-state index contributed by atoms with van der Waals surface area (Å²) < 4.78 is 5.52. The van der Waals surface area contributed by atoms with Crippen molar-refractivity contribution < 1.29 is 24.5 Å². The molecule has 7 atom stereocenters. The molecule has 5 heteroatoms. The minimum Gasteiger partial charge on any atom is -0.459 e. The summed E-state index contributed by atoms with van der Waals surface area (Å²) in [6.07, 6.45) is 1.03. The van der Waals surface area contributed by atoms with E-state index in [4.69, 9.17) is 4.74 Å². The van der Waals surface area contributed by atoms with E-state index in [2.05, 4.69) is 6.92 Å². The van der Waals surface area contributed by atoms with Crippen LogP contribution in [0.4, 0.5) is 0 Å². The lowest BCUT2D eigenvalue weighted by atomic mass is 9.81. The molecule has 5 nitrogen and oxygen atoms in total. The number of aliphatic hydroxyl groups is 2. The number of cyclic esters (lactones) is 1.